The van der Waals surface area contributed by atoms with Crippen LogP contribution in [-0.2, 0) is 5.41 Å². The molecule has 25 heavy (non-hydrogen) atoms. The van der Waals surface area contributed by atoms with Gasteiger partial charge in [0.1, 0.15) is 0 Å². The number of nitrogens with zero attached hydrogens (tertiary/aromatic N) is 1. The lowest BCUT2D eigenvalue weighted by Gasteiger charge is -2.23. The maximum atomic E-state index is 4.63. The SMILES string of the molecule is CCC(C)(C)c1ccnc(-c2ccc3c(ccc4ccccc43)c2)c1. The molecule has 0 spiro atoms. The molecule has 0 aliphatic heterocycles. The van der Waals surface area contributed by atoms with E-state index in [2.05, 4.69) is 92.5 Å². The fourth-order valence-electron chi connectivity index (χ4n) is 3.39. The zero-order valence-electron chi connectivity index (χ0n) is 15.1. The van der Waals surface area contributed by atoms with Crippen LogP contribution in [0.4, 0.5) is 0 Å². The van der Waals surface area contributed by atoms with E-state index in [0.717, 1.165) is 12.1 Å². The van der Waals surface area contributed by atoms with Crippen molar-refractivity contribution in [3.8, 4) is 11.3 Å². The minimum Gasteiger partial charge on any atom is -0.256 e. The molecule has 1 aromatic heterocycles. The lowest BCUT2D eigenvalue weighted by molar-refractivity contribution is 0.506. The molecular formula is C24H23N. The van der Waals surface area contributed by atoms with Crippen LogP contribution in [0.25, 0.3) is 32.8 Å². The Hall–Kier alpha value is -2.67. The summed E-state index contributed by atoms with van der Waals surface area (Å²) in [5, 5.41) is 5.15. The summed E-state index contributed by atoms with van der Waals surface area (Å²) in [5.74, 6) is 0. The van der Waals surface area contributed by atoms with Gasteiger partial charge in [-0.3, -0.25) is 4.98 Å². The minimum absolute atomic E-state index is 0.171. The zero-order chi connectivity index (χ0) is 17.4. The van der Waals surface area contributed by atoms with Crippen molar-refractivity contribution in [2.45, 2.75) is 32.6 Å². The first-order valence-electron chi connectivity index (χ1n) is 8.97. The largest absolute Gasteiger partial charge is 0.256 e. The van der Waals surface area contributed by atoms with E-state index in [1.165, 1.54) is 32.7 Å². The third kappa shape index (κ3) is 2.80. The number of pyridine rings is 1. The van der Waals surface area contributed by atoms with Crippen molar-refractivity contribution >= 4 is 21.5 Å². The smallest absolute Gasteiger partial charge is 0.0705 e. The van der Waals surface area contributed by atoms with Gasteiger partial charge in [0, 0.05) is 11.8 Å². The number of fused-ring (bicyclic) bond motifs is 3. The Morgan fingerprint density at radius 1 is 0.800 bits per heavy atom. The van der Waals surface area contributed by atoms with Crippen molar-refractivity contribution in [3.05, 3.63) is 78.5 Å². The second kappa shape index (κ2) is 6.00. The molecule has 3 aromatic carbocycles. The summed E-state index contributed by atoms with van der Waals surface area (Å²) in [4.78, 5) is 4.63. The van der Waals surface area contributed by atoms with Gasteiger partial charge in [-0.15, -0.1) is 0 Å². The van der Waals surface area contributed by atoms with Crippen molar-refractivity contribution in [2.24, 2.45) is 0 Å². The van der Waals surface area contributed by atoms with E-state index >= 15 is 0 Å². The summed E-state index contributed by atoms with van der Waals surface area (Å²) >= 11 is 0. The van der Waals surface area contributed by atoms with Gasteiger partial charge in [0.05, 0.1) is 5.69 Å². The third-order valence-corrected chi connectivity index (χ3v) is 5.47. The molecule has 0 fully saturated rings. The number of aromatic nitrogens is 1. The summed E-state index contributed by atoms with van der Waals surface area (Å²) in [6.45, 7) is 6.82. The Morgan fingerprint density at radius 3 is 2.40 bits per heavy atom. The van der Waals surface area contributed by atoms with Crippen molar-refractivity contribution in [1.29, 1.82) is 0 Å². The lowest BCUT2D eigenvalue weighted by Crippen LogP contribution is -2.15. The number of hydrogen-bond donors (Lipinski definition) is 0. The van der Waals surface area contributed by atoms with Crippen LogP contribution in [0.5, 0.6) is 0 Å². The van der Waals surface area contributed by atoms with Gasteiger partial charge in [0.25, 0.3) is 0 Å². The number of benzene rings is 3. The molecule has 0 saturated heterocycles. The van der Waals surface area contributed by atoms with E-state index in [9.17, 15) is 0 Å². The highest BCUT2D eigenvalue weighted by atomic mass is 14.7. The maximum absolute atomic E-state index is 4.63. The van der Waals surface area contributed by atoms with Crippen LogP contribution < -0.4 is 0 Å². The summed E-state index contributed by atoms with van der Waals surface area (Å²) in [5.41, 5.74) is 3.74. The maximum Gasteiger partial charge on any atom is 0.0705 e. The van der Waals surface area contributed by atoms with E-state index < -0.39 is 0 Å². The Balaban J connectivity index is 1.85. The highest BCUT2D eigenvalue weighted by Gasteiger charge is 2.18. The number of rotatable bonds is 3. The summed E-state index contributed by atoms with van der Waals surface area (Å²) in [6.07, 6.45) is 3.05. The first kappa shape index (κ1) is 15.8. The van der Waals surface area contributed by atoms with E-state index in [-0.39, 0.29) is 5.41 Å². The monoisotopic (exact) mass is 325 g/mol. The molecule has 0 bridgehead atoms. The fraction of sp³-hybridized carbons (Fsp3) is 0.208. The van der Waals surface area contributed by atoms with Gasteiger partial charge in [-0.2, -0.15) is 0 Å². The van der Waals surface area contributed by atoms with E-state index in [1.807, 2.05) is 6.20 Å². The second-order valence-corrected chi connectivity index (χ2v) is 7.39. The molecule has 1 heteroatoms. The molecule has 1 nitrogen and oxygen atoms in total. The molecule has 1 heterocycles. The van der Waals surface area contributed by atoms with E-state index in [0.29, 0.717) is 0 Å². The van der Waals surface area contributed by atoms with Gasteiger partial charge < -0.3 is 0 Å². The zero-order valence-corrected chi connectivity index (χ0v) is 15.1. The molecule has 4 rings (SSSR count). The van der Waals surface area contributed by atoms with Crippen LogP contribution >= 0.6 is 0 Å². The second-order valence-electron chi connectivity index (χ2n) is 7.39. The van der Waals surface area contributed by atoms with Crippen LogP contribution in [0.1, 0.15) is 32.8 Å². The average Bonchev–Trinajstić information content (AvgIpc) is 2.67. The van der Waals surface area contributed by atoms with Crippen LogP contribution in [0.3, 0.4) is 0 Å². The van der Waals surface area contributed by atoms with Gasteiger partial charge in [0.2, 0.25) is 0 Å². The molecule has 0 N–H and O–H groups in total. The topological polar surface area (TPSA) is 12.9 Å². The third-order valence-electron chi connectivity index (χ3n) is 5.47. The van der Waals surface area contributed by atoms with Crippen LogP contribution in [-0.4, -0.2) is 4.98 Å². The van der Waals surface area contributed by atoms with Crippen molar-refractivity contribution in [1.82, 2.24) is 4.98 Å². The summed E-state index contributed by atoms with van der Waals surface area (Å²) in [7, 11) is 0. The Kier molecular flexibility index (Phi) is 3.80. The highest BCUT2D eigenvalue weighted by Crippen LogP contribution is 2.32. The molecule has 0 aliphatic carbocycles. The summed E-state index contributed by atoms with van der Waals surface area (Å²) < 4.78 is 0. The van der Waals surface area contributed by atoms with E-state index in [1.54, 1.807) is 0 Å². The fourth-order valence-corrected chi connectivity index (χ4v) is 3.39. The van der Waals surface area contributed by atoms with Gasteiger partial charge in [0.15, 0.2) is 0 Å². The van der Waals surface area contributed by atoms with Gasteiger partial charge >= 0.3 is 0 Å². The van der Waals surface area contributed by atoms with Crippen molar-refractivity contribution < 1.29 is 0 Å². The first-order valence-corrected chi connectivity index (χ1v) is 8.97. The molecule has 0 radical (unpaired) electrons. The Bertz CT molecular complexity index is 1060. The van der Waals surface area contributed by atoms with Gasteiger partial charge in [-0.05, 0) is 57.1 Å². The van der Waals surface area contributed by atoms with Crippen molar-refractivity contribution in [2.75, 3.05) is 0 Å². The lowest BCUT2D eigenvalue weighted by atomic mass is 9.82. The standard InChI is InChI=1S/C24H23N/c1-4-24(2,3)20-13-14-25-23(16-20)19-11-12-22-18(15-19)10-9-17-7-5-6-8-21(17)22/h5-16H,4H2,1-3H3. The highest BCUT2D eigenvalue weighted by molar-refractivity contribution is 6.08. The Morgan fingerprint density at radius 2 is 1.56 bits per heavy atom. The average molecular weight is 325 g/mol. The molecule has 124 valence electrons. The minimum atomic E-state index is 0.171. The van der Waals surface area contributed by atoms with Gasteiger partial charge in [-0.1, -0.05) is 69.3 Å². The molecular weight excluding hydrogens is 302 g/mol. The Labute approximate surface area is 149 Å². The normalized spacial score (nSPS) is 12.0. The van der Waals surface area contributed by atoms with Crippen molar-refractivity contribution in [3.63, 3.8) is 0 Å². The van der Waals surface area contributed by atoms with Crippen LogP contribution in [0.2, 0.25) is 0 Å². The molecule has 0 aliphatic rings. The van der Waals surface area contributed by atoms with Crippen LogP contribution in [0, 0.1) is 0 Å². The summed E-state index contributed by atoms with van der Waals surface area (Å²) in [6, 6.07) is 24.0. The number of hydrogen-bond acceptors (Lipinski definition) is 1. The predicted molar refractivity (Wildman–Crippen MR) is 108 cm³/mol. The first-order chi connectivity index (χ1) is 12.1. The molecule has 4 aromatic rings. The molecule has 0 atom stereocenters. The molecule has 0 amide bonds. The molecule has 0 saturated carbocycles. The van der Waals surface area contributed by atoms with Crippen LogP contribution in [0.15, 0.2) is 72.9 Å². The quantitative estimate of drug-likeness (QED) is 0.380. The predicted octanol–water partition coefficient (Wildman–Crippen LogP) is 6.74. The van der Waals surface area contributed by atoms with Gasteiger partial charge in [-0.25, -0.2) is 0 Å². The van der Waals surface area contributed by atoms with E-state index in [4.69, 9.17) is 0 Å². The molecule has 0 unspecified atom stereocenters.